The van der Waals surface area contributed by atoms with Gasteiger partial charge in [-0.05, 0) is 12.1 Å². The summed E-state index contributed by atoms with van der Waals surface area (Å²) in [6.07, 6.45) is 7.00. The van der Waals surface area contributed by atoms with Crippen LogP contribution in [0.5, 0.6) is 11.5 Å². The van der Waals surface area contributed by atoms with Crippen molar-refractivity contribution in [1.29, 1.82) is 0 Å². The largest absolute Gasteiger partial charge is 0.759 e. The monoisotopic (exact) mass is 316 g/mol. The average molecular weight is 316 g/mol. The molecular formula is C12H16N2O6S. The Balaban J connectivity index is 0.000000296. The van der Waals surface area contributed by atoms with E-state index in [4.69, 9.17) is 27.7 Å². The van der Waals surface area contributed by atoms with Crippen LogP contribution in [0.2, 0.25) is 0 Å². The molecule has 21 heavy (non-hydrogen) atoms. The molecule has 2 rings (SSSR count). The number of hydrogen-bond acceptors (Lipinski definition) is 6. The van der Waals surface area contributed by atoms with Crippen LogP contribution >= 0.6 is 0 Å². The van der Waals surface area contributed by atoms with Crippen LogP contribution < -0.4 is 9.13 Å². The maximum absolute atomic E-state index is 8.79. The Morgan fingerprint density at radius 1 is 0.905 bits per heavy atom. The van der Waals surface area contributed by atoms with E-state index in [1.165, 1.54) is 0 Å². The molecule has 0 aromatic carbocycles. The minimum atomic E-state index is -5.17. The summed E-state index contributed by atoms with van der Waals surface area (Å²) in [5.41, 5.74) is 0. The topological polar surface area (TPSA) is 128 Å². The molecule has 0 saturated carbocycles. The molecule has 0 radical (unpaired) electrons. The molecule has 2 N–H and O–H groups in total. The van der Waals surface area contributed by atoms with Gasteiger partial charge in [0.1, 0.15) is 14.1 Å². The molecule has 0 aliphatic carbocycles. The second-order valence-electron chi connectivity index (χ2n) is 3.86. The molecule has 0 fully saturated rings. The Labute approximate surface area is 122 Å². The van der Waals surface area contributed by atoms with Crippen LogP contribution in [0.4, 0.5) is 0 Å². The number of pyridine rings is 2. The number of aromatic nitrogens is 2. The third-order valence-corrected chi connectivity index (χ3v) is 1.85. The summed E-state index contributed by atoms with van der Waals surface area (Å²) in [6.45, 7) is 0. The van der Waals surface area contributed by atoms with Crippen LogP contribution in [0.25, 0.3) is 0 Å². The van der Waals surface area contributed by atoms with Crippen molar-refractivity contribution < 1.29 is 36.9 Å². The van der Waals surface area contributed by atoms with Gasteiger partial charge in [-0.15, -0.1) is 0 Å². The van der Waals surface area contributed by atoms with Gasteiger partial charge < -0.3 is 19.3 Å². The van der Waals surface area contributed by atoms with Crippen molar-refractivity contribution in [2.75, 3.05) is 0 Å². The molecule has 0 aliphatic rings. The minimum absolute atomic E-state index is 0.301. The summed E-state index contributed by atoms with van der Waals surface area (Å²) in [5.74, 6) is 0.602. The van der Waals surface area contributed by atoms with E-state index in [2.05, 4.69) is 0 Å². The van der Waals surface area contributed by atoms with Gasteiger partial charge in [0, 0.05) is 22.5 Å². The summed E-state index contributed by atoms with van der Waals surface area (Å²) >= 11 is 0. The van der Waals surface area contributed by atoms with E-state index in [0.717, 1.165) is 0 Å². The SMILES string of the molecule is C[n+]1cccc(O)c1.C[n+]1cccc(O)c1.O=S(=O)([O-])[O-]. The first-order valence-corrected chi connectivity index (χ1v) is 6.86. The molecule has 2 heterocycles. The van der Waals surface area contributed by atoms with Crippen LogP contribution in [0.1, 0.15) is 0 Å². The van der Waals surface area contributed by atoms with Gasteiger partial charge >= 0.3 is 0 Å². The molecule has 0 atom stereocenters. The highest BCUT2D eigenvalue weighted by Crippen LogP contribution is 1.99. The van der Waals surface area contributed by atoms with Gasteiger partial charge in [-0.25, -0.2) is 9.13 Å². The molecule has 0 saturated heterocycles. The number of aryl methyl sites for hydroxylation is 2. The van der Waals surface area contributed by atoms with Gasteiger partial charge in [0.15, 0.2) is 23.9 Å². The maximum Gasteiger partial charge on any atom is 0.210 e. The first-order valence-electron chi connectivity index (χ1n) is 5.53. The van der Waals surface area contributed by atoms with Gasteiger partial charge in [0.05, 0.1) is 0 Å². The Morgan fingerprint density at radius 2 is 1.19 bits per heavy atom. The lowest BCUT2D eigenvalue weighted by molar-refractivity contribution is -0.671. The number of rotatable bonds is 0. The second kappa shape index (κ2) is 8.84. The van der Waals surface area contributed by atoms with E-state index in [9.17, 15) is 0 Å². The molecule has 0 unspecified atom stereocenters. The van der Waals surface area contributed by atoms with Crippen molar-refractivity contribution in [1.82, 2.24) is 0 Å². The predicted molar refractivity (Wildman–Crippen MR) is 69.0 cm³/mol. The molecule has 8 nitrogen and oxygen atoms in total. The van der Waals surface area contributed by atoms with Gasteiger partial charge in [-0.3, -0.25) is 8.42 Å². The highest BCUT2D eigenvalue weighted by atomic mass is 32.3. The summed E-state index contributed by atoms with van der Waals surface area (Å²) < 4.78 is 37.7. The van der Waals surface area contributed by atoms with Crippen molar-refractivity contribution in [2.45, 2.75) is 0 Å². The van der Waals surface area contributed by atoms with E-state index in [-0.39, 0.29) is 0 Å². The first kappa shape index (κ1) is 18.8. The Hall–Kier alpha value is -2.23. The minimum Gasteiger partial charge on any atom is -0.759 e. The van der Waals surface area contributed by atoms with Crippen LogP contribution in [-0.4, -0.2) is 27.7 Å². The fourth-order valence-corrected chi connectivity index (χ4v) is 1.14. The highest BCUT2D eigenvalue weighted by Gasteiger charge is 1.90. The third kappa shape index (κ3) is 14.0. The fraction of sp³-hybridized carbons (Fsp3) is 0.167. The molecule has 0 spiro atoms. The molecule has 116 valence electrons. The molecule has 0 bridgehead atoms. The number of nitrogens with zero attached hydrogens (tertiary/aromatic N) is 2. The van der Waals surface area contributed by atoms with Crippen LogP contribution in [0.3, 0.4) is 0 Å². The van der Waals surface area contributed by atoms with Crippen molar-refractivity contribution in [3.05, 3.63) is 49.1 Å². The third-order valence-electron chi connectivity index (χ3n) is 1.85. The lowest BCUT2D eigenvalue weighted by Crippen LogP contribution is -2.25. The quantitative estimate of drug-likeness (QED) is 0.368. The molecule has 2 aromatic heterocycles. The zero-order valence-electron chi connectivity index (χ0n) is 11.4. The Kier molecular flexibility index (Phi) is 7.91. The Morgan fingerprint density at radius 3 is 1.33 bits per heavy atom. The summed E-state index contributed by atoms with van der Waals surface area (Å²) in [7, 11) is -1.44. The normalized spacial score (nSPS) is 9.71. The maximum atomic E-state index is 8.79. The second-order valence-corrected chi connectivity index (χ2v) is 4.68. The van der Waals surface area contributed by atoms with Crippen LogP contribution in [-0.2, 0) is 24.5 Å². The zero-order valence-corrected chi connectivity index (χ0v) is 12.3. The van der Waals surface area contributed by atoms with Crippen molar-refractivity contribution >= 4 is 10.4 Å². The zero-order chi connectivity index (χ0) is 16.5. The molecule has 0 amide bonds. The summed E-state index contributed by atoms with van der Waals surface area (Å²) in [5, 5.41) is 17.6. The number of aromatic hydroxyl groups is 2. The van der Waals surface area contributed by atoms with Crippen molar-refractivity contribution in [2.24, 2.45) is 14.1 Å². The predicted octanol–water partition coefficient (Wildman–Crippen LogP) is -0.905. The van der Waals surface area contributed by atoms with Gasteiger partial charge in [-0.1, -0.05) is 0 Å². The van der Waals surface area contributed by atoms with Crippen molar-refractivity contribution in [3.8, 4) is 11.5 Å². The smallest absolute Gasteiger partial charge is 0.210 e. The van der Waals surface area contributed by atoms with Crippen LogP contribution in [0.15, 0.2) is 49.1 Å². The lowest BCUT2D eigenvalue weighted by Gasteiger charge is -2.06. The van der Waals surface area contributed by atoms with E-state index in [0.29, 0.717) is 11.5 Å². The first-order chi connectivity index (χ1) is 9.58. The van der Waals surface area contributed by atoms with E-state index >= 15 is 0 Å². The van der Waals surface area contributed by atoms with Crippen molar-refractivity contribution in [3.63, 3.8) is 0 Å². The van der Waals surface area contributed by atoms with Crippen LogP contribution in [0, 0.1) is 0 Å². The van der Waals surface area contributed by atoms with Gasteiger partial charge in [-0.2, -0.15) is 0 Å². The molecular weight excluding hydrogens is 300 g/mol. The Bertz CT molecular complexity index is 574. The van der Waals surface area contributed by atoms with Gasteiger partial charge in [0.25, 0.3) is 0 Å². The molecule has 0 aliphatic heterocycles. The fourth-order valence-electron chi connectivity index (χ4n) is 1.14. The molecule has 9 heteroatoms. The average Bonchev–Trinajstić information content (AvgIpc) is 2.26. The van der Waals surface area contributed by atoms with E-state index < -0.39 is 10.4 Å². The molecule has 2 aromatic rings. The summed E-state index contributed by atoms with van der Waals surface area (Å²) in [4.78, 5) is 0. The number of hydrogen-bond donors (Lipinski definition) is 2. The lowest BCUT2D eigenvalue weighted by atomic mass is 10.5. The van der Waals surface area contributed by atoms with E-state index in [1.54, 1.807) is 45.8 Å². The standard InChI is InChI=1S/2C6H7NO.H2O4S/c2*1-7-4-2-3-6(8)5-7;1-5(2,3)4/h2*2-5H,1H3;(H2,1,2,3,4). The van der Waals surface area contributed by atoms with E-state index in [1.807, 2.05) is 26.5 Å². The highest BCUT2D eigenvalue weighted by molar-refractivity contribution is 7.79. The van der Waals surface area contributed by atoms with Gasteiger partial charge in [0.2, 0.25) is 12.4 Å². The summed E-state index contributed by atoms with van der Waals surface area (Å²) in [6, 6.07) is 6.85.